The molecule has 2 N–H and O–H groups in total. The van der Waals surface area contributed by atoms with E-state index in [-0.39, 0.29) is 18.6 Å². The lowest BCUT2D eigenvalue weighted by atomic mass is 10.1. The minimum atomic E-state index is -0.731. The van der Waals surface area contributed by atoms with Crippen molar-refractivity contribution in [2.24, 2.45) is 0 Å². The number of ether oxygens (including phenoxy) is 2. The monoisotopic (exact) mass is 324 g/mol. The highest BCUT2D eigenvalue weighted by atomic mass is 16.5. The van der Waals surface area contributed by atoms with E-state index in [1.54, 1.807) is 22.9 Å². The molecular formula is C19H20N2O3. The molecule has 124 valence electrons. The quantitative estimate of drug-likeness (QED) is 0.732. The number of pyridine rings is 1. The molecule has 3 aromatic rings. The summed E-state index contributed by atoms with van der Waals surface area (Å²) in [4.78, 5) is 0. The summed E-state index contributed by atoms with van der Waals surface area (Å²) in [5.41, 5.74) is 0.226. The Balaban J connectivity index is 1.69. The zero-order valence-corrected chi connectivity index (χ0v) is 13.5. The van der Waals surface area contributed by atoms with Crippen molar-refractivity contribution in [1.82, 2.24) is 4.57 Å². The van der Waals surface area contributed by atoms with Crippen LogP contribution in [0.4, 0.5) is 0 Å². The van der Waals surface area contributed by atoms with Crippen molar-refractivity contribution in [2.45, 2.75) is 12.6 Å². The van der Waals surface area contributed by atoms with Crippen molar-refractivity contribution >= 4 is 10.8 Å². The zero-order valence-electron chi connectivity index (χ0n) is 13.5. The van der Waals surface area contributed by atoms with Gasteiger partial charge < -0.3 is 19.1 Å². The number of hydrogen-bond donors (Lipinski definition) is 2. The maximum Gasteiger partial charge on any atom is 0.168 e. The molecule has 2 aromatic carbocycles. The van der Waals surface area contributed by atoms with Gasteiger partial charge in [0, 0.05) is 11.6 Å². The van der Waals surface area contributed by atoms with Crippen molar-refractivity contribution in [3.63, 3.8) is 0 Å². The molecule has 24 heavy (non-hydrogen) atoms. The second-order valence-corrected chi connectivity index (χ2v) is 5.52. The molecule has 1 unspecified atom stereocenters. The van der Waals surface area contributed by atoms with Gasteiger partial charge >= 0.3 is 0 Å². The Morgan fingerprint density at radius 2 is 1.79 bits per heavy atom. The van der Waals surface area contributed by atoms with Gasteiger partial charge in [0.05, 0.1) is 13.7 Å². The maximum atomic E-state index is 10.3. The molecule has 1 atom stereocenters. The van der Waals surface area contributed by atoms with Crippen LogP contribution >= 0.6 is 0 Å². The number of nitrogens with one attached hydrogen (secondary N) is 1. The fourth-order valence-corrected chi connectivity index (χ4v) is 2.63. The largest absolute Gasteiger partial charge is 0.493 e. The summed E-state index contributed by atoms with van der Waals surface area (Å²) in [5, 5.41) is 20.4. The summed E-state index contributed by atoms with van der Waals surface area (Å²) in [6, 6.07) is 17.3. The minimum Gasteiger partial charge on any atom is -0.493 e. The van der Waals surface area contributed by atoms with Crippen LogP contribution in [0.25, 0.3) is 10.8 Å². The predicted molar refractivity (Wildman–Crippen MR) is 92.3 cm³/mol. The first-order chi connectivity index (χ1) is 11.7. The second kappa shape index (κ2) is 7.19. The molecule has 0 bridgehead atoms. The topological polar surface area (TPSA) is 67.5 Å². The van der Waals surface area contributed by atoms with Crippen molar-refractivity contribution in [3.8, 4) is 11.5 Å². The van der Waals surface area contributed by atoms with E-state index in [2.05, 4.69) is 0 Å². The molecule has 0 aliphatic rings. The first-order valence-electron chi connectivity index (χ1n) is 7.75. The molecule has 0 amide bonds. The summed E-state index contributed by atoms with van der Waals surface area (Å²) in [6.45, 7) is 0.415. The van der Waals surface area contributed by atoms with Gasteiger partial charge in [0.25, 0.3) is 0 Å². The Kier molecular flexibility index (Phi) is 4.82. The van der Waals surface area contributed by atoms with Crippen molar-refractivity contribution < 1.29 is 14.6 Å². The van der Waals surface area contributed by atoms with E-state index in [1.165, 1.54) is 7.11 Å². The van der Waals surface area contributed by atoms with Gasteiger partial charge in [-0.1, -0.05) is 36.4 Å². The summed E-state index contributed by atoms with van der Waals surface area (Å²) in [7, 11) is 1.53. The van der Waals surface area contributed by atoms with Gasteiger partial charge in [0.2, 0.25) is 0 Å². The lowest BCUT2D eigenvalue weighted by molar-refractivity contribution is 0.0917. The number of benzene rings is 2. The Bertz CT molecular complexity index is 884. The molecule has 5 heteroatoms. The Labute approximate surface area is 140 Å². The summed E-state index contributed by atoms with van der Waals surface area (Å²) >= 11 is 0. The third kappa shape index (κ3) is 3.41. The lowest BCUT2D eigenvalue weighted by Crippen LogP contribution is -2.30. The van der Waals surface area contributed by atoms with Crippen LogP contribution in [0.1, 0.15) is 0 Å². The average Bonchev–Trinajstić information content (AvgIpc) is 2.61. The number of rotatable bonds is 6. The van der Waals surface area contributed by atoms with E-state index in [0.29, 0.717) is 5.75 Å². The average molecular weight is 324 g/mol. The Morgan fingerprint density at radius 1 is 1.04 bits per heavy atom. The highest BCUT2D eigenvalue weighted by Gasteiger charge is 2.09. The summed E-state index contributed by atoms with van der Waals surface area (Å²) in [6.07, 6.45) is 1.01. The van der Waals surface area contributed by atoms with Crippen LogP contribution in [-0.4, -0.2) is 29.5 Å². The van der Waals surface area contributed by atoms with Crippen LogP contribution in [0.5, 0.6) is 11.5 Å². The first-order valence-corrected chi connectivity index (χ1v) is 7.75. The van der Waals surface area contributed by atoms with E-state index in [9.17, 15) is 5.11 Å². The van der Waals surface area contributed by atoms with Crippen LogP contribution in [0.2, 0.25) is 0 Å². The van der Waals surface area contributed by atoms with Gasteiger partial charge in [-0.3, -0.25) is 5.41 Å². The molecule has 1 heterocycles. The van der Waals surface area contributed by atoms with Gasteiger partial charge in [-0.2, -0.15) is 0 Å². The SMILES string of the molecule is COc1cccn(CC(O)COc2cccc3ccccc23)c1=N. The fourth-order valence-electron chi connectivity index (χ4n) is 2.63. The van der Waals surface area contributed by atoms with Gasteiger partial charge in [0.1, 0.15) is 18.5 Å². The van der Waals surface area contributed by atoms with Gasteiger partial charge in [-0.05, 0) is 23.6 Å². The number of aliphatic hydroxyl groups is 1. The summed E-state index contributed by atoms with van der Waals surface area (Å²) in [5.74, 6) is 1.22. The highest BCUT2D eigenvalue weighted by Crippen LogP contribution is 2.25. The van der Waals surface area contributed by atoms with Gasteiger partial charge in [-0.15, -0.1) is 0 Å². The van der Waals surface area contributed by atoms with E-state index >= 15 is 0 Å². The normalized spacial score (nSPS) is 12.1. The van der Waals surface area contributed by atoms with Crippen LogP contribution < -0.4 is 15.0 Å². The molecule has 0 saturated heterocycles. The second-order valence-electron chi connectivity index (χ2n) is 5.52. The van der Waals surface area contributed by atoms with Crippen molar-refractivity contribution in [3.05, 3.63) is 66.3 Å². The smallest absolute Gasteiger partial charge is 0.168 e. The number of hydrogen-bond acceptors (Lipinski definition) is 4. The van der Waals surface area contributed by atoms with E-state index < -0.39 is 6.10 Å². The zero-order chi connectivity index (χ0) is 16.9. The van der Waals surface area contributed by atoms with Crippen molar-refractivity contribution in [2.75, 3.05) is 13.7 Å². The fraction of sp³-hybridized carbons (Fsp3) is 0.211. The third-order valence-electron chi connectivity index (χ3n) is 3.84. The standard InChI is InChI=1S/C19H20N2O3/c1-23-18-10-5-11-21(19(18)20)12-15(22)13-24-17-9-4-7-14-6-2-3-8-16(14)17/h2-11,15,20,22H,12-13H2,1H3. The summed E-state index contributed by atoms with van der Waals surface area (Å²) < 4.78 is 12.6. The number of aliphatic hydroxyl groups excluding tert-OH is 1. The minimum absolute atomic E-state index is 0.150. The number of nitrogens with zero attached hydrogens (tertiary/aromatic N) is 1. The van der Waals surface area contributed by atoms with Crippen molar-refractivity contribution in [1.29, 1.82) is 5.41 Å². The van der Waals surface area contributed by atoms with E-state index in [1.807, 2.05) is 42.5 Å². The van der Waals surface area contributed by atoms with Gasteiger partial charge in [0.15, 0.2) is 11.2 Å². The number of methoxy groups -OCH3 is 1. The molecular weight excluding hydrogens is 304 g/mol. The van der Waals surface area contributed by atoms with Crippen LogP contribution in [0.3, 0.4) is 0 Å². The third-order valence-corrected chi connectivity index (χ3v) is 3.84. The molecule has 0 fully saturated rings. The Hall–Kier alpha value is -2.79. The highest BCUT2D eigenvalue weighted by molar-refractivity contribution is 5.88. The first kappa shape index (κ1) is 16.1. The van der Waals surface area contributed by atoms with Gasteiger partial charge in [-0.25, -0.2) is 0 Å². The maximum absolute atomic E-state index is 10.3. The molecule has 5 nitrogen and oxygen atoms in total. The molecule has 3 rings (SSSR count). The molecule has 0 aliphatic heterocycles. The Morgan fingerprint density at radius 3 is 2.62 bits per heavy atom. The van der Waals surface area contributed by atoms with E-state index in [4.69, 9.17) is 14.9 Å². The molecule has 0 radical (unpaired) electrons. The lowest BCUT2D eigenvalue weighted by Gasteiger charge is -2.16. The number of aromatic nitrogens is 1. The van der Waals surface area contributed by atoms with Crippen LogP contribution in [-0.2, 0) is 6.54 Å². The predicted octanol–water partition coefficient (Wildman–Crippen LogP) is 2.57. The molecule has 0 spiro atoms. The van der Waals surface area contributed by atoms with E-state index in [0.717, 1.165) is 16.5 Å². The number of fused-ring (bicyclic) bond motifs is 1. The van der Waals surface area contributed by atoms with Crippen LogP contribution in [0.15, 0.2) is 60.8 Å². The molecule has 0 saturated carbocycles. The molecule has 0 aliphatic carbocycles. The molecule has 1 aromatic heterocycles. The van der Waals surface area contributed by atoms with Crippen LogP contribution in [0, 0.1) is 5.41 Å².